The second-order valence-corrected chi connectivity index (χ2v) is 10.6. The van der Waals surface area contributed by atoms with Crippen LogP contribution in [0.4, 0.5) is 0 Å². The van der Waals surface area contributed by atoms with Crippen LogP contribution in [0, 0.1) is 0 Å². The average molecular weight is 423 g/mol. The van der Waals surface area contributed by atoms with E-state index in [0.717, 1.165) is 47.0 Å². The second-order valence-electron chi connectivity index (χ2n) is 8.37. The third-order valence-corrected chi connectivity index (χ3v) is 8.61. The van der Waals surface area contributed by atoms with Crippen LogP contribution in [0.1, 0.15) is 53.6 Å². The van der Waals surface area contributed by atoms with Gasteiger partial charge in [-0.1, -0.05) is 18.2 Å². The van der Waals surface area contributed by atoms with Crippen LogP contribution in [-0.2, 0) is 16.4 Å². The Morgan fingerprint density at radius 2 is 1.77 bits per heavy atom. The molecule has 1 fully saturated rings. The Balaban J connectivity index is 1.45. The number of benzene rings is 2. The highest BCUT2D eigenvalue weighted by Crippen LogP contribution is 2.36. The van der Waals surface area contributed by atoms with Crippen molar-refractivity contribution in [3.8, 4) is 11.1 Å². The smallest absolute Gasteiger partial charge is 0.213 e. The van der Waals surface area contributed by atoms with Gasteiger partial charge in [0.2, 0.25) is 10.0 Å². The van der Waals surface area contributed by atoms with Gasteiger partial charge in [0.25, 0.3) is 0 Å². The number of hydrogen-bond acceptors (Lipinski definition) is 3. The highest BCUT2D eigenvalue weighted by Gasteiger charge is 2.28. The number of piperidine rings is 1. The fourth-order valence-corrected chi connectivity index (χ4v) is 6.04. The minimum atomic E-state index is -3.11. The van der Waals surface area contributed by atoms with Crippen LogP contribution in [0.3, 0.4) is 0 Å². The molecule has 5 rings (SSSR count). The molecule has 156 valence electrons. The van der Waals surface area contributed by atoms with Crippen LogP contribution in [0.2, 0.25) is 0 Å². The summed E-state index contributed by atoms with van der Waals surface area (Å²) < 4.78 is 26.0. The Labute approximate surface area is 177 Å². The van der Waals surface area contributed by atoms with Gasteiger partial charge in [-0.15, -0.1) is 0 Å². The molecule has 0 saturated carbocycles. The summed E-state index contributed by atoms with van der Waals surface area (Å²) in [5, 5.41) is 1.19. The van der Waals surface area contributed by atoms with Crippen LogP contribution in [-0.4, -0.2) is 42.3 Å². The maximum atomic E-state index is 12.2. The number of aryl methyl sites for hydroxylation is 1. The van der Waals surface area contributed by atoms with E-state index in [9.17, 15) is 13.2 Å². The molecule has 0 bridgehead atoms. The number of H-pyrrole nitrogens is 1. The number of rotatable bonds is 4. The van der Waals surface area contributed by atoms with Crippen LogP contribution >= 0.6 is 0 Å². The molecule has 0 radical (unpaired) electrons. The van der Waals surface area contributed by atoms with Gasteiger partial charge in [-0.3, -0.25) is 4.79 Å². The molecule has 6 heteroatoms. The molecule has 0 spiro atoms. The lowest BCUT2D eigenvalue weighted by atomic mass is 9.89. The molecule has 2 aromatic carbocycles. The third kappa shape index (κ3) is 3.28. The van der Waals surface area contributed by atoms with Crippen molar-refractivity contribution in [2.45, 2.75) is 38.5 Å². The molecule has 3 aromatic rings. The molecule has 1 saturated heterocycles. The predicted octanol–water partition coefficient (Wildman–Crippen LogP) is 4.49. The number of sulfonamides is 1. The zero-order valence-electron chi connectivity index (χ0n) is 17.1. The molecule has 30 heavy (non-hydrogen) atoms. The van der Waals surface area contributed by atoms with Crippen molar-refractivity contribution in [3.05, 3.63) is 59.3 Å². The van der Waals surface area contributed by atoms with Crippen molar-refractivity contribution >= 4 is 26.7 Å². The van der Waals surface area contributed by atoms with E-state index in [-0.39, 0.29) is 11.5 Å². The predicted molar refractivity (Wildman–Crippen MR) is 119 cm³/mol. The maximum absolute atomic E-state index is 12.2. The number of nitrogens with zero attached hydrogens (tertiary/aromatic N) is 1. The lowest BCUT2D eigenvalue weighted by Crippen LogP contribution is -2.38. The van der Waals surface area contributed by atoms with E-state index in [1.165, 1.54) is 10.9 Å². The lowest BCUT2D eigenvalue weighted by Gasteiger charge is -2.30. The number of ketones is 1. The number of aromatic amines is 1. The summed E-state index contributed by atoms with van der Waals surface area (Å²) in [6, 6.07) is 12.6. The van der Waals surface area contributed by atoms with Crippen molar-refractivity contribution in [3.63, 3.8) is 0 Å². The molecule has 1 aliphatic heterocycles. The van der Waals surface area contributed by atoms with E-state index >= 15 is 0 Å². The molecule has 0 amide bonds. The van der Waals surface area contributed by atoms with E-state index in [1.807, 2.05) is 6.07 Å². The van der Waals surface area contributed by atoms with Crippen LogP contribution in [0.5, 0.6) is 0 Å². The number of hydrogen-bond donors (Lipinski definition) is 1. The van der Waals surface area contributed by atoms with Gasteiger partial charge in [-0.25, -0.2) is 12.7 Å². The van der Waals surface area contributed by atoms with E-state index in [4.69, 9.17) is 0 Å². The summed E-state index contributed by atoms with van der Waals surface area (Å²) in [4.78, 5) is 15.5. The highest BCUT2D eigenvalue weighted by atomic mass is 32.2. The number of fused-ring (bicyclic) bond motifs is 2. The molecular formula is C24H26N2O3S. The van der Waals surface area contributed by atoms with Crippen molar-refractivity contribution in [2.24, 2.45) is 0 Å². The molecule has 1 N–H and O–H groups in total. The van der Waals surface area contributed by atoms with Gasteiger partial charge in [0.1, 0.15) is 0 Å². The van der Waals surface area contributed by atoms with Crippen LogP contribution < -0.4 is 0 Å². The monoisotopic (exact) mass is 422 g/mol. The number of Topliss-reactive ketones (excluding diaryl/α,β-unsaturated/α-hetero) is 1. The number of carbonyl (C=O) groups excluding carboxylic acids is 1. The molecule has 1 aromatic heterocycles. The fourth-order valence-electron chi connectivity index (χ4n) is 4.90. The number of aromatic nitrogens is 1. The summed E-state index contributed by atoms with van der Waals surface area (Å²) >= 11 is 0. The minimum absolute atomic E-state index is 0.164. The topological polar surface area (TPSA) is 70.2 Å². The molecule has 0 unspecified atom stereocenters. The Hall–Kier alpha value is -2.44. The van der Waals surface area contributed by atoms with Gasteiger partial charge in [0.15, 0.2) is 5.78 Å². The van der Waals surface area contributed by atoms with Gasteiger partial charge in [-0.05, 0) is 72.6 Å². The molecular weight excluding hydrogens is 396 g/mol. The first-order valence-corrected chi connectivity index (χ1v) is 12.3. The highest BCUT2D eigenvalue weighted by molar-refractivity contribution is 7.89. The van der Waals surface area contributed by atoms with E-state index < -0.39 is 10.0 Å². The number of nitrogens with one attached hydrogen (secondary N) is 1. The summed E-state index contributed by atoms with van der Waals surface area (Å²) in [5.41, 5.74) is 6.55. The van der Waals surface area contributed by atoms with Gasteiger partial charge < -0.3 is 4.98 Å². The SMILES string of the molecule is CCS(=O)(=O)N1CCC(c2c[nH]c3ccc(-c4ccc5c(c4)C(=O)CC5)cc23)CC1. The summed E-state index contributed by atoms with van der Waals surface area (Å²) in [7, 11) is -3.11. The van der Waals surface area contributed by atoms with E-state index in [0.29, 0.717) is 25.4 Å². The Kier molecular flexibility index (Phi) is 4.79. The largest absolute Gasteiger partial charge is 0.361 e. The van der Waals surface area contributed by atoms with Crippen molar-refractivity contribution < 1.29 is 13.2 Å². The Morgan fingerprint density at radius 1 is 1.03 bits per heavy atom. The Bertz CT molecular complexity index is 1230. The van der Waals surface area contributed by atoms with Crippen LogP contribution in [0.25, 0.3) is 22.0 Å². The molecule has 2 aliphatic rings. The zero-order chi connectivity index (χ0) is 20.9. The van der Waals surface area contributed by atoms with Gasteiger partial charge in [0.05, 0.1) is 5.75 Å². The maximum Gasteiger partial charge on any atom is 0.213 e. The van der Waals surface area contributed by atoms with E-state index in [1.54, 1.807) is 11.2 Å². The summed E-state index contributed by atoms with van der Waals surface area (Å²) in [5.74, 6) is 0.750. The molecule has 5 nitrogen and oxygen atoms in total. The van der Waals surface area contributed by atoms with Gasteiger partial charge >= 0.3 is 0 Å². The minimum Gasteiger partial charge on any atom is -0.361 e. The first kappa shape index (κ1) is 19.5. The number of carbonyl (C=O) groups is 1. The fraction of sp³-hybridized carbons (Fsp3) is 0.375. The summed E-state index contributed by atoms with van der Waals surface area (Å²) in [6.45, 7) is 2.87. The summed E-state index contributed by atoms with van der Waals surface area (Å²) in [6.07, 6.45) is 5.22. The first-order chi connectivity index (χ1) is 14.5. The zero-order valence-corrected chi connectivity index (χ0v) is 18.0. The van der Waals surface area contributed by atoms with Crippen molar-refractivity contribution in [1.82, 2.24) is 9.29 Å². The van der Waals surface area contributed by atoms with Crippen LogP contribution in [0.15, 0.2) is 42.6 Å². The molecule has 2 heterocycles. The molecule has 0 atom stereocenters. The van der Waals surface area contributed by atoms with Crippen molar-refractivity contribution in [2.75, 3.05) is 18.8 Å². The Morgan fingerprint density at radius 3 is 2.53 bits per heavy atom. The second kappa shape index (κ2) is 7.36. The molecule has 1 aliphatic carbocycles. The van der Waals surface area contributed by atoms with Gasteiger partial charge in [-0.2, -0.15) is 0 Å². The quantitative estimate of drug-likeness (QED) is 0.673. The third-order valence-electron chi connectivity index (χ3n) is 6.73. The normalized spacial score (nSPS) is 18.2. The average Bonchev–Trinajstić information content (AvgIpc) is 3.36. The van der Waals surface area contributed by atoms with E-state index in [2.05, 4.69) is 41.5 Å². The lowest BCUT2D eigenvalue weighted by molar-refractivity contribution is 0.0994. The van der Waals surface area contributed by atoms with Gasteiger partial charge in [0, 0.05) is 42.2 Å². The first-order valence-electron chi connectivity index (χ1n) is 10.7. The standard InChI is InChI=1S/C24H26N2O3S/c1-2-30(28,29)26-11-9-17(10-12-26)22-15-25-23-7-5-19(14-21(22)23)18-4-3-16-6-8-24(27)20(16)13-18/h3-5,7,13-15,17,25H,2,6,8-12H2,1H3. The van der Waals surface area contributed by atoms with Crippen molar-refractivity contribution in [1.29, 1.82) is 0 Å².